The van der Waals surface area contributed by atoms with Crippen LogP contribution in [0, 0.1) is 0 Å². The number of benzene rings is 3. The zero-order valence-electron chi connectivity index (χ0n) is 27.8. The molecule has 9 heteroatoms. The fraction of sp³-hybridized carbons (Fsp3) is 0.143. The van der Waals surface area contributed by atoms with E-state index in [1.165, 1.54) is 0 Å². The summed E-state index contributed by atoms with van der Waals surface area (Å²) in [7, 11) is 0. The molecule has 0 atom stereocenters. The highest BCUT2D eigenvalue weighted by Gasteiger charge is 2.32. The molecular formula is C42H36N6O3. The zero-order chi connectivity index (χ0) is 35.0. The molecule has 0 aliphatic heterocycles. The average Bonchev–Trinajstić information content (AvgIpc) is 3.19. The lowest BCUT2D eigenvalue weighted by molar-refractivity contribution is 0.0871. The van der Waals surface area contributed by atoms with E-state index in [1.54, 1.807) is 55.0 Å². The van der Waals surface area contributed by atoms with Crippen molar-refractivity contribution >= 4 is 17.7 Å². The van der Waals surface area contributed by atoms with Crippen LogP contribution >= 0.6 is 0 Å². The van der Waals surface area contributed by atoms with E-state index in [0.29, 0.717) is 36.0 Å². The maximum Gasteiger partial charge on any atom is 0.251 e. The van der Waals surface area contributed by atoms with Crippen molar-refractivity contribution in [2.75, 3.05) is 0 Å². The Balaban J connectivity index is 1.05. The van der Waals surface area contributed by atoms with Gasteiger partial charge in [-0.1, -0.05) is 54.6 Å². The molecule has 1 aliphatic rings. The summed E-state index contributed by atoms with van der Waals surface area (Å²) in [5.41, 5.74) is 6.77. The molecule has 7 rings (SSSR count). The highest BCUT2D eigenvalue weighted by Crippen LogP contribution is 2.24. The molecule has 1 saturated carbocycles. The van der Waals surface area contributed by atoms with Crippen molar-refractivity contribution in [2.24, 2.45) is 0 Å². The zero-order valence-corrected chi connectivity index (χ0v) is 27.8. The standard InChI is InChI=1S/C42H36N6O3/c49-40(31-16-10-28(11-17-31)37-7-1-4-22-43-37)46-34-25-35(47-41(50)32-18-12-29(13-19-32)38-8-2-5-23-44-38)27-36(26-34)48-42(51)33-20-14-30(15-21-33)39-9-3-6-24-45-39/h1-24,34-36H,25-27H2,(H,46,49)(H,47,50)(H,48,51). The third kappa shape index (κ3) is 8.22. The molecule has 252 valence electrons. The first-order chi connectivity index (χ1) is 25.0. The molecule has 1 fully saturated rings. The van der Waals surface area contributed by atoms with Crippen LogP contribution < -0.4 is 16.0 Å². The van der Waals surface area contributed by atoms with Crippen molar-refractivity contribution in [1.29, 1.82) is 0 Å². The fourth-order valence-electron chi connectivity index (χ4n) is 6.46. The normalized spacial score (nSPS) is 16.8. The first kappa shape index (κ1) is 33.0. The van der Waals surface area contributed by atoms with Crippen LogP contribution in [0.15, 0.2) is 146 Å². The Bertz CT molecular complexity index is 1840. The molecule has 3 aromatic heterocycles. The summed E-state index contributed by atoms with van der Waals surface area (Å²) in [5.74, 6) is -0.667. The molecule has 0 saturated heterocycles. The molecular weight excluding hydrogens is 637 g/mol. The number of rotatable bonds is 9. The number of hydrogen-bond donors (Lipinski definition) is 3. The summed E-state index contributed by atoms with van der Waals surface area (Å²) in [4.78, 5) is 53.5. The Kier molecular flexibility index (Phi) is 9.96. The SMILES string of the molecule is O=C(NC1CC(NC(=O)c2ccc(-c3ccccn3)cc2)CC(NC(=O)c2ccc(-c3ccccn3)cc2)C1)c1ccc(-c2ccccn2)cc1. The van der Waals surface area contributed by atoms with Crippen LogP contribution in [0.4, 0.5) is 0 Å². The van der Waals surface area contributed by atoms with Gasteiger partial charge in [-0.2, -0.15) is 0 Å². The van der Waals surface area contributed by atoms with E-state index in [4.69, 9.17) is 0 Å². The molecule has 3 heterocycles. The molecule has 0 radical (unpaired) electrons. The van der Waals surface area contributed by atoms with Gasteiger partial charge in [0.1, 0.15) is 0 Å². The van der Waals surface area contributed by atoms with E-state index in [9.17, 15) is 14.4 Å². The predicted molar refractivity (Wildman–Crippen MR) is 197 cm³/mol. The van der Waals surface area contributed by atoms with Crippen LogP contribution in [0.25, 0.3) is 33.8 Å². The Morgan fingerprint density at radius 3 is 0.902 bits per heavy atom. The third-order valence-corrected chi connectivity index (χ3v) is 9.04. The van der Waals surface area contributed by atoms with Crippen LogP contribution in [0.1, 0.15) is 50.3 Å². The van der Waals surface area contributed by atoms with Gasteiger partial charge in [0.25, 0.3) is 17.7 Å². The lowest BCUT2D eigenvalue weighted by atomic mass is 9.86. The highest BCUT2D eigenvalue weighted by molar-refractivity contribution is 5.96. The minimum absolute atomic E-state index is 0.222. The first-order valence-electron chi connectivity index (χ1n) is 17.0. The van der Waals surface area contributed by atoms with E-state index in [0.717, 1.165) is 33.8 Å². The molecule has 3 aromatic carbocycles. The Hall–Kier alpha value is -6.48. The van der Waals surface area contributed by atoms with Gasteiger partial charge in [-0.05, 0) is 92.1 Å². The fourth-order valence-corrected chi connectivity index (χ4v) is 6.46. The van der Waals surface area contributed by atoms with Crippen molar-refractivity contribution < 1.29 is 14.4 Å². The molecule has 0 spiro atoms. The van der Waals surface area contributed by atoms with E-state index in [-0.39, 0.29) is 35.8 Å². The van der Waals surface area contributed by atoms with Gasteiger partial charge in [-0.25, -0.2) is 0 Å². The Labute approximate surface area is 296 Å². The lowest BCUT2D eigenvalue weighted by Crippen LogP contribution is -2.53. The first-order valence-corrected chi connectivity index (χ1v) is 17.0. The average molecular weight is 673 g/mol. The number of hydrogen-bond acceptors (Lipinski definition) is 6. The van der Waals surface area contributed by atoms with Crippen molar-refractivity contribution in [3.8, 4) is 33.8 Å². The number of pyridine rings is 3. The van der Waals surface area contributed by atoms with Crippen LogP contribution in [0.5, 0.6) is 0 Å². The molecule has 6 aromatic rings. The van der Waals surface area contributed by atoms with Crippen LogP contribution in [0.3, 0.4) is 0 Å². The summed E-state index contributed by atoms with van der Waals surface area (Å²) in [6.45, 7) is 0. The summed E-state index contributed by atoms with van der Waals surface area (Å²) >= 11 is 0. The minimum Gasteiger partial charge on any atom is -0.349 e. The molecule has 9 nitrogen and oxygen atoms in total. The second-order valence-corrected chi connectivity index (χ2v) is 12.6. The van der Waals surface area contributed by atoms with E-state index in [2.05, 4.69) is 30.9 Å². The Morgan fingerprint density at radius 2 is 0.667 bits per heavy atom. The van der Waals surface area contributed by atoms with Gasteiger partial charge in [0.2, 0.25) is 0 Å². The molecule has 0 unspecified atom stereocenters. The Morgan fingerprint density at radius 1 is 0.392 bits per heavy atom. The second-order valence-electron chi connectivity index (χ2n) is 12.6. The smallest absolute Gasteiger partial charge is 0.251 e. The maximum absolute atomic E-state index is 13.4. The number of nitrogens with one attached hydrogen (secondary N) is 3. The summed E-state index contributed by atoms with van der Waals surface area (Å²) in [6.07, 6.45) is 6.75. The molecule has 3 N–H and O–H groups in total. The number of aromatic nitrogens is 3. The number of carbonyl (C=O) groups excluding carboxylic acids is 3. The van der Waals surface area contributed by atoms with Gasteiger partial charge < -0.3 is 16.0 Å². The van der Waals surface area contributed by atoms with Gasteiger partial charge in [0, 0.05) is 70.1 Å². The summed E-state index contributed by atoms with van der Waals surface area (Å²) < 4.78 is 0. The lowest BCUT2D eigenvalue weighted by Gasteiger charge is -2.36. The molecule has 0 bridgehead atoms. The van der Waals surface area contributed by atoms with Crippen molar-refractivity contribution in [3.05, 3.63) is 163 Å². The van der Waals surface area contributed by atoms with Crippen LogP contribution in [0.2, 0.25) is 0 Å². The predicted octanol–water partition coefficient (Wildman–Crippen LogP) is 6.75. The minimum atomic E-state index is -0.296. The number of nitrogens with zero attached hydrogens (tertiary/aromatic N) is 3. The van der Waals surface area contributed by atoms with E-state index < -0.39 is 0 Å². The van der Waals surface area contributed by atoms with Gasteiger partial charge in [-0.3, -0.25) is 29.3 Å². The van der Waals surface area contributed by atoms with E-state index in [1.807, 2.05) is 91.0 Å². The van der Waals surface area contributed by atoms with Crippen molar-refractivity contribution in [2.45, 2.75) is 37.4 Å². The molecule has 3 amide bonds. The largest absolute Gasteiger partial charge is 0.349 e. The molecule has 1 aliphatic carbocycles. The second kappa shape index (κ2) is 15.4. The molecule has 51 heavy (non-hydrogen) atoms. The van der Waals surface area contributed by atoms with Crippen LogP contribution in [-0.2, 0) is 0 Å². The van der Waals surface area contributed by atoms with Gasteiger partial charge in [-0.15, -0.1) is 0 Å². The van der Waals surface area contributed by atoms with Gasteiger partial charge >= 0.3 is 0 Å². The van der Waals surface area contributed by atoms with Crippen molar-refractivity contribution in [1.82, 2.24) is 30.9 Å². The van der Waals surface area contributed by atoms with Crippen LogP contribution in [-0.4, -0.2) is 50.8 Å². The third-order valence-electron chi connectivity index (χ3n) is 9.04. The monoisotopic (exact) mass is 672 g/mol. The van der Waals surface area contributed by atoms with Gasteiger partial charge in [0.15, 0.2) is 0 Å². The van der Waals surface area contributed by atoms with Gasteiger partial charge in [0.05, 0.1) is 17.1 Å². The maximum atomic E-state index is 13.4. The quantitative estimate of drug-likeness (QED) is 0.156. The van der Waals surface area contributed by atoms with Crippen molar-refractivity contribution in [3.63, 3.8) is 0 Å². The number of amides is 3. The number of carbonyl (C=O) groups is 3. The van der Waals surface area contributed by atoms with E-state index >= 15 is 0 Å². The topological polar surface area (TPSA) is 126 Å². The summed E-state index contributed by atoms with van der Waals surface area (Å²) in [5, 5.41) is 9.48. The summed E-state index contributed by atoms with van der Waals surface area (Å²) in [6, 6.07) is 38.2. The highest BCUT2D eigenvalue weighted by atomic mass is 16.2.